The van der Waals surface area contributed by atoms with Crippen molar-refractivity contribution in [1.29, 1.82) is 0 Å². The molecule has 1 rings (SSSR count). The monoisotopic (exact) mass is 75.0 g/mol. The van der Waals surface area contributed by atoms with Crippen LogP contribution in [0.1, 0.15) is 1.43 Å². The summed E-state index contributed by atoms with van der Waals surface area (Å²) in [4.78, 5) is 8.24. The zero-order chi connectivity index (χ0) is 3.54. The lowest BCUT2D eigenvalue weighted by molar-refractivity contribution is -0.264. The summed E-state index contributed by atoms with van der Waals surface area (Å²) in [6.07, 6.45) is 2.94. The fourth-order valence-electron chi connectivity index (χ4n) is 0.139. The minimum atomic E-state index is 0. The first-order valence-electron chi connectivity index (χ1n) is 1.23. The molecule has 0 bridgehead atoms. The molecule has 5 heavy (non-hydrogen) atoms. The molecule has 0 radical (unpaired) electrons. The molecule has 0 aromatic heterocycles. The van der Waals surface area contributed by atoms with Crippen LogP contribution in [0.5, 0.6) is 0 Å². The highest BCUT2D eigenvalue weighted by molar-refractivity contribution is 4.65. The van der Waals surface area contributed by atoms with Crippen LogP contribution in [0.15, 0.2) is 12.5 Å². The van der Waals surface area contributed by atoms with Crippen molar-refractivity contribution >= 4 is 0 Å². The van der Waals surface area contributed by atoms with Crippen LogP contribution in [0.4, 0.5) is 0 Å². The summed E-state index contributed by atoms with van der Waals surface area (Å²) in [6.45, 7) is 0. The standard InChI is InChI=1S/C2H3NO2.H2/c1-2-4-5-3-1;/h1-3H;1H. The van der Waals surface area contributed by atoms with E-state index in [-0.39, 0.29) is 1.43 Å². The summed E-state index contributed by atoms with van der Waals surface area (Å²) in [5.74, 6) is 0. The maximum Gasteiger partial charge on any atom is 0.150 e. The van der Waals surface area contributed by atoms with Gasteiger partial charge in [0, 0.05) is 1.43 Å². The average molecular weight is 75.1 g/mol. The van der Waals surface area contributed by atoms with Gasteiger partial charge in [-0.2, -0.15) is 0 Å². The summed E-state index contributed by atoms with van der Waals surface area (Å²) in [5, 5.41) is 0. The van der Waals surface area contributed by atoms with E-state index >= 15 is 0 Å². The SMILES string of the molecule is C1=COON1.[HH]. The van der Waals surface area contributed by atoms with Crippen LogP contribution in [-0.2, 0) is 9.88 Å². The molecule has 3 nitrogen and oxygen atoms in total. The zero-order valence-corrected chi connectivity index (χ0v) is 2.47. The van der Waals surface area contributed by atoms with E-state index in [1.807, 2.05) is 0 Å². The Balaban J connectivity index is 0.000000250. The van der Waals surface area contributed by atoms with Gasteiger partial charge >= 0.3 is 0 Å². The first-order chi connectivity index (χ1) is 2.50. The van der Waals surface area contributed by atoms with Crippen LogP contribution in [0.25, 0.3) is 0 Å². The molecule has 0 spiro atoms. The largest absolute Gasteiger partial charge is 0.321 e. The molecule has 3 heteroatoms. The van der Waals surface area contributed by atoms with Crippen LogP contribution < -0.4 is 5.48 Å². The minimum absolute atomic E-state index is 0. The van der Waals surface area contributed by atoms with Crippen LogP contribution in [-0.4, -0.2) is 0 Å². The predicted octanol–water partition coefficient (Wildman–Crippen LogP) is 0.170. The summed E-state index contributed by atoms with van der Waals surface area (Å²) in [5.41, 5.74) is 2.32. The van der Waals surface area contributed by atoms with E-state index in [9.17, 15) is 0 Å². The Morgan fingerprint density at radius 2 is 2.80 bits per heavy atom. The molecule has 0 aliphatic carbocycles. The van der Waals surface area contributed by atoms with Crippen LogP contribution in [0, 0.1) is 0 Å². The number of nitrogens with one attached hydrogen (secondary N) is 1. The van der Waals surface area contributed by atoms with Gasteiger partial charge in [-0.1, -0.05) is 4.99 Å². The molecule has 0 fully saturated rings. The maximum atomic E-state index is 4.15. The average Bonchev–Trinajstić information content (AvgIpc) is 1.76. The van der Waals surface area contributed by atoms with Gasteiger partial charge in [-0.25, -0.2) is 5.48 Å². The molecular formula is C2H5NO2. The Kier molecular flexibility index (Phi) is 0.478. The van der Waals surface area contributed by atoms with Crippen molar-refractivity contribution < 1.29 is 11.3 Å². The molecule has 0 saturated heterocycles. The van der Waals surface area contributed by atoms with Gasteiger partial charge in [0.15, 0.2) is 0 Å². The van der Waals surface area contributed by atoms with Crippen molar-refractivity contribution in [3.63, 3.8) is 0 Å². The molecule has 0 aromatic rings. The third kappa shape index (κ3) is 0.302. The molecule has 1 aliphatic rings. The molecule has 30 valence electrons. The number of hydrogen-bond acceptors (Lipinski definition) is 3. The zero-order valence-electron chi connectivity index (χ0n) is 2.47. The number of hydroxylamine groups is 1. The fourth-order valence-corrected chi connectivity index (χ4v) is 0.139. The highest BCUT2D eigenvalue weighted by Crippen LogP contribution is 1.80. The summed E-state index contributed by atoms with van der Waals surface area (Å²) in [7, 11) is 0. The van der Waals surface area contributed by atoms with E-state index in [1.54, 1.807) is 6.20 Å². The first-order valence-corrected chi connectivity index (χ1v) is 1.23. The smallest absolute Gasteiger partial charge is 0.150 e. The Morgan fingerprint density at radius 3 is 3.00 bits per heavy atom. The second kappa shape index (κ2) is 0.944. The summed E-state index contributed by atoms with van der Waals surface area (Å²) < 4.78 is 0. The first kappa shape index (κ1) is 2.53. The van der Waals surface area contributed by atoms with Crippen LogP contribution in [0.2, 0.25) is 0 Å². The second-order valence-electron chi connectivity index (χ2n) is 0.600. The van der Waals surface area contributed by atoms with Gasteiger partial charge in [0.05, 0.1) is 6.20 Å². The van der Waals surface area contributed by atoms with Gasteiger partial charge in [-0.3, -0.25) is 0 Å². The molecule has 1 aliphatic heterocycles. The van der Waals surface area contributed by atoms with Crippen molar-refractivity contribution in [3.05, 3.63) is 12.5 Å². The maximum absolute atomic E-state index is 4.15. The lowest BCUT2D eigenvalue weighted by Crippen LogP contribution is -1.94. The Labute approximate surface area is 30.6 Å². The van der Waals surface area contributed by atoms with E-state index in [0.29, 0.717) is 0 Å². The quantitative estimate of drug-likeness (QED) is 0.416. The number of hydrogen-bond donors (Lipinski definition) is 1. The molecule has 1 heterocycles. The Hall–Kier alpha value is -0.700. The molecule has 0 atom stereocenters. The van der Waals surface area contributed by atoms with Crippen LogP contribution >= 0.6 is 0 Å². The van der Waals surface area contributed by atoms with E-state index in [0.717, 1.165) is 0 Å². The molecule has 0 amide bonds. The van der Waals surface area contributed by atoms with Gasteiger partial charge in [0.25, 0.3) is 0 Å². The number of rotatable bonds is 0. The molecular weight excluding hydrogens is 70.0 g/mol. The normalized spacial score (nSPS) is 17.6. The second-order valence-corrected chi connectivity index (χ2v) is 0.600. The summed E-state index contributed by atoms with van der Waals surface area (Å²) in [6, 6.07) is 0. The Bertz CT molecular complexity index is 49.5. The molecule has 1 N–H and O–H groups in total. The minimum Gasteiger partial charge on any atom is -0.321 e. The fraction of sp³-hybridized carbons (Fsp3) is 0. The van der Waals surface area contributed by atoms with Crippen molar-refractivity contribution in [1.82, 2.24) is 5.48 Å². The van der Waals surface area contributed by atoms with Gasteiger partial charge in [-0.15, -0.1) is 0 Å². The van der Waals surface area contributed by atoms with E-state index in [1.165, 1.54) is 6.26 Å². The predicted molar refractivity (Wildman–Crippen MR) is 16.6 cm³/mol. The van der Waals surface area contributed by atoms with Crippen molar-refractivity contribution in [2.45, 2.75) is 0 Å². The molecule has 0 saturated carbocycles. The van der Waals surface area contributed by atoms with E-state index in [2.05, 4.69) is 15.4 Å². The van der Waals surface area contributed by atoms with Crippen molar-refractivity contribution in [2.24, 2.45) is 0 Å². The van der Waals surface area contributed by atoms with E-state index in [4.69, 9.17) is 0 Å². The third-order valence-corrected chi connectivity index (χ3v) is 0.288. The Morgan fingerprint density at radius 1 is 1.80 bits per heavy atom. The van der Waals surface area contributed by atoms with E-state index < -0.39 is 0 Å². The topological polar surface area (TPSA) is 30.5 Å². The lowest BCUT2D eigenvalue weighted by atomic mass is 11.0. The lowest BCUT2D eigenvalue weighted by Gasteiger charge is -1.81. The molecule has 0 unspecified atom stereocenters. The van der Waals surface area contributed by atoms with Crippen molar-refractivity contribution in [3.8, 4) is 0 Å². The molecule has 0 aromatic carbocycles. The van der Waals surface area contributed by atoms with Crippen LogP contribution in [0.3, 0.4) is 0 Å². The third-order valence-electron chi connectivity index (χ3n) is 0.288. The van der Waals surface area contributed by atoms with Gasteiger partial charge in [-0.05, 0) is 0 Å². The van der Waals surface area contributed by atoms with Gasteiger partial charge < -0.3 is 4.89 Å². The highest BCUT2D eigenvalue weighted by atomic mass is 17.3. The van der Waals surface area contributed by atoms with Gasteiger partial charge in [0.2, 0.25) is 0 Å². The van der Waals surface area contributed by atoms with Gasteiger partial charge in [0.1, 0.15) is 6.26 Å². The van der Waals surface area contributed by atoms with Crippen molar-refractivity contribution in [2.75, 3.05) is 0 Å². The highest BCUT2D eigenvalue weighted by Gasteiger charge is 1.81. The summed E-state index contributed by atoms with van der Waals surface area (Å²) >= 11 is 0.